The van der Waals surface area contributed by atoms with Crippen molar-refractivity contribution in [2.24, 2.45) is 0 Å². The van der Waals surface area contributed by atoms with Crippen LogP contribution >= 0.6 is 27.3 Å². The van der Waals surface area contributed by atoms with Gasteiger partial charge in [-0.05, 0) is 42.8 Å². The van der Waals surface area contributed by atoms with E-state index in [1.807, 2.05) is 30.3 Å². The maximum atomic E-state index is 12.4. The van der Waals surface area contributed by atoms with E-state index in [9.17, 15) is 4.79 Å². The van der Waals surface area contributed by atoms with Crippen molar-refractivity contribution in [1.82, 2.24) is 4.98 Å². The molecule has 0 bridgehead atoms. The van der Waals surface area contributed by atoms with Crippen molar-refractivity contribution in [2.75, 3.05) is 11.9 Å². The summed E-state index contributed by atoms with van der Waals surface area (Å²) in [5.41, 5.74) is 1.43. The molecule has 0 aliphatic rings. The van der Waals surface area contributed by atoms with E-state index in [0.717, 1.165) is 27.5 Å². The average molecular weight is 405 g/mol. The molecule has 1 N–H and O–H groups in total. The van der Waals surface area contributed by atoms with Gasteiger partial charge in [-0.2, -0.15) is 0 Å². The lowest BCUT2D eigenvalue weighted by molar-refractivity contribution is 0.102. The second kappa shape index (κ2) is 7.77. The fourth-order valence-corrected chi connectivity index (χ4v) is 3.60. The Hall–Kier alpha value is -1.92. The number of benzene rings is 2. The molecule has 1 amide bonds. The van der Waals surface area contributed by atoms with Gasteiger partial charge in [0.15, 0.2) is 5.13 Å². The molecule has 0 fully saturated rings. The SMILES string of the molecule is CCCCOc1cccc(C(=O)Nc2nc3ccc(Br)cc3s2)c1. The number of nitrogens with one attached hydrogen (secondary N) is 1. The minimum Gasteiger partial charge on any atom is -0.494 e. The third-order valence-electron chi connectivity index (χ3n) is 3.43. The number of carbonyl (C=O) groups is 1. The fourth-order valence-electron chi connectivity index (χ4n) is 2.18. The number of ether oxygens (including phenoxy) is 1. The number of anilines is 1. The van der Waals surface area contributed by atoms with Crippen LogP contribution in [-0.4, -0.2) is 17.5 Å². The van der Waals surface area contributed by atoms with Crippen LogP contribution in [0, 0.1) is 0 Å². The Morgan fingerprint density at radius 2 is 2.17 bits per heavy atom. The molecule has 124 valence electrons. The van der Waals surface area contributed by atoms with E-state index < -0.39 is 0 Å². The predicted octanol–water partition coefficient (Wildman–Crippen LogP) is 5.49. The number of nitrogens with zero attached hydrogens (tertiary/aromatic N) is 1. The van der Waals surface area contributed by atoms with E-state index >= 15 is 0 Å². The number of hydrogen-bond donors (Lipinski definition) is 1. The van der Waals surface area contributed by atoms with Gasteiger partial charge in [0.2, 0.25) is 0 Å². The molecule has 0 unspecified atom stereocenters. The molecule has 6 heteroatoms. The summed E-state index contributed by atoms with van der Waals surface area (Å²) in [6, 6.07) is 13.1. The van der Waals surface area contributed by atoms with Crippen LogP contribution in [-0.2, 0) is 0 Å². The largest absolute Gasteiger partial charge is 0.494 e. The molecule has 0 atom stereocenters. The number of thiazole rings is 1. The number of unbranched alkanes of at least 4 members (excludes halogenated alkanes) is 1. The Morgan fingerprint density at radius 3 is 3.00 bits per heavy atom. The zero-order chi connectivity index (χ0) is 16.9. The van der Waals surface area contributed by atoms with Crippen LogP contribution in [0.15, 0.2) is 46.9 Å². The zero-order valence-electron chi connectivity index (χ0n) is 13.2. The van der Waals surface area contributed by atoms with E-state index in [4.69, 9.17) is 4.74 Å². The molecular weight excluding hydrogens is 388 g/mol. The number of amides is 1. The Morgan fingerprint density at radius 1 is 1.29 bits per heavy atom. The molecule has 1 heterocycles. The smallest absolute Gasteiger partial charge is 0.257 e. The van der Waals surface area contributed by atoms with Gasteiger partial charge in [-0.1, -0.05) is 46.7 Å². The average Bonchev–Trinajstić information content (AvgIpc) is 2.96. The molecule has 2 aromatic carbocycles. The van der Waals surface area contributed by atoms with E-state index in [0.29, 0.717) is 23.1 Å². The van der Waals surface area contributed by atoms with Crippen LogP contribution in [0.1, 0.15) is 30.1 Å². The van der Waals surface area contributed by atoms with Gasteiger partial charge in [0.1, 0.15) is 5.75 Å². The van der Waals surface area contributed by atoms with Crippen LogP contribution < -0.4 is 10.1 Å². The van der Waals surface area contributed by atoms with Gasteiger partial charge >= 0.3 is 0 Å². The number of aromatic nitrogens is 1. The first-order chi connectivity index (χ1) is 11.7. The number of halogens is 1. The van der Waals surface area contributed by atoms with Crippen molar-refractivity contribution in [1.29, 1.82) is 0 Å². The van der Waals surface area contributed by atoms with Crippen molar-refractivity contribution in [3.8, 4) is 5.75 Å². The minimum absolute atomic E-state index is 0.186. The highest BCUT2D eigenvalue weighted by Gasteiger charge is 2.11. The lowest BCUT2D eigenvalue weighted by Gasteiger charge is -2.07. The van der Waals surface area contributed by atoms with Crippen molar-refractivity contribution >= 4 is 48.5 Å². The summed E-state index contributed by atoms with van der Waals surface area (Å²) >= 11 is 4.89. The maximum absolute atomic E-state index is 12.4. The highest BCUT2D eigenvalue weighted by Crippen LogP contribution is 2.28. The van der Waals surface area contributed by atoms with Crippen LogP contribution in [0.4, 0.5) is 5.13 Å². The van der Waals surface area contributed by atoms with E-state index in [1.165, 1.54) is 11.3 Å². The van der Waals surface area contributed by atoms with Gasteiger partial charge in [-0.25, -0.2) is 4.98 Å². The van der Waals surface area contributed by atoms with Gasteiger partial charge in [-0.3, -0.25) is 10.1 Å². The quantitative estimate of drug-likeness (QED) is 0.552. The maximum Gasteiger partial charge on any atom is 0.257 e. The highest BCUT2D eigenvalue weighted by molar-refractivity contribution is 9.10. The molecule has 0 spiro atoms. The van der Waals surface area contributed by atoms with Gasteiger partial charge in [-0.15, -0.1) is 0 Å². The molecule has 0 saturated carbocycles. The number of carbonyl (C=O) groups excluding carboxylic acids is 1. The molecule has 0 aliphatic heterocycles. The normalized spacial score (nSPS) is 10.8. The van der Waals surface area contributed by atoms with Gasteiger partial charge in [0.05, 0.1) is 16.8 Å². The molecule has 24 heavy (non-hydrogen) atoms. The molecule has 4 nitrogen and oxygen atoms in total. The first-order valence-electron chi connectivity index (χ1n) is 7.76. The second-order valence-corrected chi connectivity index (χ2v) is 7.26. The third kappa shape index (κ3) is 4.13. The topological polar surface area (TPSA) is 51.2 Å². The summed E-state index contributed by atoms with van der Waals surface area (Å²) in [7, 11) is 0. The Balaban J connectivity index is 1.72. The van der Waals surface area contributed by atoms with Crippen LogP contribution in [0.2, 0.25) is 0 Å². The molecule has 3 rings (SSSR count). The zero-order valence-corrected chi connectivity index (χ0v) is 15.6. The van der Waals surface area contributed by atoms with Crippen LogP contribution in [0.25, 0.3) is 10.2 Å². The fraction of sp³-hybridized carbons (Fsp3) is 0.222. The monoisotopic (exact) mass is 404 g/mol. The standard InChI is InChI=1S/C18H17BrN2O2S/c1-2-3-9-23-14-6-4-5-12(10-14)17(22)21-18-20-15-8-7-13(19)11-16(15)24-18/h4-8,10-11H,2-3,9H2,1H3,(H,20,21,22). The van der Waals surface area contributed by atoms with Crippen molar-refractivity contribution in [3.05, 3.63) is 52.5 Å². The minimum atomic E-state index is -0.186. The number of rotatable bonds is 6. The predicted molar refractivity (Wildman–Crippen MR) is 102 cm³/mol. The van der Waals surface area contributed by atoms with Crippen molar-refractivity contribution in [2.45, 2.75) is 19.8 Å². The lowest BCUT2D eigenvalue weighted by Crippen LogP contribution is -2.11. The summed E-state index contributed by atoms with van der Waals surface area (Å²) in [5, 5.41) is 3.45. The van der Waals surface area contributed by atoms with Crippen molar-refractivity contribution < 1.29 is 9.53 Å². The Bertz CT molecular complexity index is 863. The first kappa shape index (κ1) is 16.9. The summed E-state index contributed by atoms with van der Waals surface area (Å²) < 4.78 is 7.67. The van der Waals surface area contributed by atoms with E-state index in [-0.39, 0.29) is 5.91 Å². The molecule has 0 aliphatic carbocycles. The van der Waals surface area contributed by atoms with Crippen LogP contribution in [0.3, 0.4) is 0 Å². The van der Waals surface area contributed by atoms with Gasteiger partial charge < -0.3 is 4.74 Å². The van der Waals surface area contributed by atoms with E-state index in [2.05, 4.69) is 33.2 Å². The third-order valence-corrected chi connectivity index (χ3v) is 4.86. The molecule has 0 radical (unpaired) electrons. The summed E-state index contributed by atoms with van der Waals surface area (Å²) in [4.78, 5) is 16.9. The summed E-state index contributed by atoms with van der Waals surface area (Å²) in [5.74, 6) is 0.526. The van der Waals surface area contributed by atoms with Gasteiger partial charge in [0, 0.05) is 10.0 Å². The highest BCUT2D eigenvalue weighted by atomic mass is 79.9. The van der Waals surface area contributed by atoms with Gasteiger partial charge in [0.25, 0.3) is 5.91 Å². The van der Waals surface area contributed by atoms with E-state index in [1.54, 1.807) is 12.1 Å². The van der Waals surface area contributed by atoms with Crippen molar-refractivity contribution in [3.63, 3.8) is 0 Å². The number of fused-ring (bicyclic) bond motifs is 1. The molecule has 0 saturated heterocycles. The molecule has 1 aromatic heterocycles. The summed E-state index contributed by atoms with van der Waals surface area (Å²) in [6.07, 6.45) is 2.07. The Kier molecular flexibility index (Phi) is 5.48. The summed E-state index contributed by atoms with van der Waals surface area (Å²) in [6.45, 7) is 2.78. The molecular formula is C18H17BrN2O2S. The Labute approximate surface area is 153 Å². The van der Waals surface area contributed by atoms with Crippen LogP contribution in [0.5, 0.6) is 5.75 Å². The number of hydrogen-bond acceptors (Lipinski definition) is 4. The second-order valence-electron chi connectivity index (χ2n) is 5.32. The molecule has 3 aromatic rings. The lowest BCUT2D eigenvalue weighted by atomic mass is 10.2. The first-order valence-corrected chi connectivity index (χ1v) is 9.37.